The summed E-state index contributed by atoms with van der Waals surface area (Å²) in [6, 6.07) is 5.53. The zero-order valence-electron chi connectivity index (χ0n) is 12.3. The van der Waals surface area contributed by atoms with E-state index >= 15 is 0 Å². The summed E-state index contributed by atoms with van der Waals surface area (Å²) in [6.07, 6.45) is 6.37. The summed E-state index contributed by atoms with van der Waals surface area (Å²) < 4.78 is 8.05. The zero-order chi connectivity index (χ0) is 15.2. The van der Waals surface area contributed by atoms with Crippen molar-refractivity contribution in [3.8, 4) is 0 Å². The summed E-state index contributed by atoms with van der Waals surface area (Å²) in [6.45, 7) is 5.75. The predicted molar refractivity (Wildman–Crippen MR) is 86.8 cm³/mol. The number of nitrogens with zero attached hydrogens (tertiary/aromatic N) is 2. The molecule has 2 aromatic rings. The monoisotopic (exact) mass is 326 g/mol. The number of ether oxygens (including phenoxy) is 1. The molecular weight excluding hydrogens is 307 g/mol. The second-order valence-electron chi connectivity index (χ2n) is 5.47. The molecule has 0 amide bonds. The highest BCUT2D eigenvalue weighted by Crippen LogP contribution is 2.30. The van der Waals surface area contributed by atoms with E-state index in [1.807, 2.05) is 22.9 Å². The van der Waals surface area contributed by atoms with Gasteiger partial charge in [-0.05, 0) is 24.5 Å². The summed E-state index contributed by atoms with van der Waals surface area (Å²) in [7, 11) is 0. The van der Waals surface area contributed by atoms with Crippen molar-refractivity contribution in [2.45, 2.75) is 32.9 Å². The number of hydrogen-bond donors (Lipinski definition) is 0. The maximum absolute atomic E-state index is 6.32. The van der Waals surface area contributed by atoms with Crippen molar-refractivity contribution in [3.05, 3.63) is 52.5 Å². The SMILES string of the molecule is CC(C)CCOC(Cn1ccnc1)c1ccc(Cl)cc1Cl. The standard InChI is InChI=1S/C16H20Cl2N2O/c1-12(2)5-8-21-16(10-20-7-6-19-11-20)14-4-3-13(17)9-15(14)18/h3-4,6-7,9,11-12,16H,5,8,10H2,1-2H3. The van der Waals surface area contributed by atoms with Crippen LogP contribution in [0.2, 0.25) is 10.0 Å². The molecule has 1 aromatic heterocycles. The molecule has 1 atom stereocenters. The van der Waals surface area contributed by atoms with E-state index in [4.69, 9.17) is 27.9 Å². The lowest BCUT2D eigenvalue weighted by Crippen LogP contribution is -2.14. The van der Waals surface area contributed by atoms with Gasteiger partial charge in [0.25, 0.3) is 0 Å². The van der Waals surface area contributed by atoms with Crippen LogP contribution in [0, 0.1) is 5.92 Å². The number of hydrogen-bond acceptors (Lipinski definition) is 2. The largest absolute Gasteiger partial charge is 0.372 e. The fourth-order valence-corrected chi connectivity index (χ4v) is 2.57. The van der Waals surface area contributed by atoms with Gasteiger partial charge in [-0.15, -0.1) is 0 Å². The van der Waals surface area contributed by atoms with Crippen LogP contribution >= 0.6 is 23.2 Å². The van der Waals surface area contributed by atoms with Gasteiger partial charge in [0.05, 0.1) is 12.9 Å². The Morgan fingerprint density at radius 1 is 1.29 bits per heavy atom. The summed E-state index contributed by atoms with van der Waals surface area (Å²) >= 11 is 12.3. The lowest BCUT2D eigenvalue weighted by Gasteiger charge is -2.21. The molecule has 0 saturated heterocycles. The van der Waals surface area contributed by atoms with Gasteiger partial charge in [-0.25, -0.2) is 4.98 Å². The molecule has 0 bridgehead atoms. The summed E-state index contributed by atoms with van der Waals surface area (Å²) in [4.78, 5) is 4.07. The van der Waals surface area contributed by atoms with Crippen molar-refractivity contribution in [1.82, 2.24) is 9.55 Å². The molecule has 0 aliphatic rings. The average Bonchev–Trinajstić information content (AvgIpc) is 2.90. The van der Waals surface area contributed by atoms with Crippen molar-refractivity contribution in [2.75, 3.05) is 6.61 Å². The Hall–Kier alpha value is -1.03. The Morgan fingerprint density at radius 2 is 2.10 bits per heavy atom. The molecule has 0 aliphatic carbocycles. The molecule has 0 aliphatic heterocycles. The van der Waals surface area contributed by atoms with Crippen molar-refractivity contribution in [1.29, 1.82) is 0 Å². The van der Waals surface area contributed by atoms with E-state index in [0.29, 0.717) is 29.1 Å². The fraction of sp³-hybridized carbons (Fsp3) is 0.438. The van der Waals surface area contributed by atoms with E-state index in [9.17, 15) is 0 Å². The first-order valence-electron chi connectivity index (χ1n) is 7.08. The Balaban J connectivity index is 2.13. The molecule has 0 saturated carbocycles. The molecule has 114 valence electrons. The third kappa shape index (κ3) is 5.03. The van der Waals surface area contributed by atoms with Gasteiger partial charge >= 0.3 is 0 Å². The van der Waals surface area contributed by atoms with Crippen molar-refractivity contribution >= 4 is 23.2 Å². The molecule has 2 rings (SSSR count). The first-order valence-corrected chi connectivity index (χ1v) is 7.84. The number of benzene rings is 1. The Kier molecular flexibility index (Phi) is 6.09. The summed E-state index contributed by atoms with van der Waals surface area (Å²) in [5, 5.41) is 1.27. The highest BCUT2D eigenvalue weighted by Gasteiger charge is 2.16. The Bertz CT molecular complexity index is 555. The molecule has 21 heavy (non-hydrogen) atoms. The van der Waals surface area contributed by atoms with Crippen molar-refractivity contribution in [3.63, 3.8) is 0 Å². The van der Waals surface area contributed by atoms with Gasteiger partial charge in [0.2, 0.25) is 0 Å². The first kappa shape index (κ1) is 16.3. The molecule has 0 spiro atoms. The highest BCUT2D eigenvalue weighted by atomic mass is 35.5. The van der Waals surface area contributed by atoms with Crippen LogP contribution in [0.4, 0.5) is 0 Å². The van der Waals surface area contributed by atoms with E-state index in [1.165, 1.54) is 0 Å². The number of halogens is 2. The third-order valence-electron chi connectivity index (χ3n) is 3.26. The van der Waals surface area contributed by atoms with Gasteiger partial charge in [-0.1, -0.05) is 43.1 Å². The predicted octanol–water partition coefficient (Wildman–Crippen LogP) is 4.99. The lowest BCUT2D eigenvalue weighted by molar-refractivity contribution is 0.0342. The molecular formula is C16H20Cl2N2O. The quantitative estimate of drug-likeness (QED) is 0.716. The van der Waals surface area contributed by atoms with Gasteiger partial charge in [0.1, 0.15) is 6.10 Å². The number of rotatable bonds is 7. The first-order chi connectivity index (χ1) is 10.1. The fourth-order valence-electron chi connectivity index (χ4n) is 2.04. The molecule has 0 fully saturated rings. The van der Waals surface area contributed by atoms with Crippen LogP contribution in [0.25, 0.3) is 0 Å². The molecule has 1 aromatic carbocycles. The van der Waals surface area contributed by atoms with Crippen LogP contribution in [-0.2, 0) is 11.3 Å². The Labute approximate surface area is 135 Å². The molecule has 1 heterocycles. The normalized spacial score (nSPS) is 12.8. The van der Waals surface area contributed by atoms with Crippen LogP contribution in [0.1, 0.15) is 31.9 Å². The topological polar surface area (TPSA) is 27.1 Å². The average molecular weight is 327 g/mol. The second-order valence-corrected chi connectivity index (χ2v) is 6.31. The van der Waals surface area contributed by atoms with E-state index in [1.54, 1.807) is 18.6 Å². The van der Waals surface area contributed by atoms with Crippen LogP contribution in [0.15, 0.2) is 36.9 Å². The van der Waals surface area contributed by atoms with Gasteiger partial charge < -0.3 is 9.30 Å². The van der Waals surface area contributed by atoms with Crippen molar-refractivity contribution < 1.29 is 4.74 Å². The molecule has 3 nitrogen and oxygen atoms in total. The minimum atomic E-state index is -0.109. The van der Waals surface area contributed by atoms with Crippen LogP contribution in [-0.4, -0.2) is 16.2 Å². The number of aromatic nitrogens is 2. The summed E-state index contributed by atoms with van der Waals surface area (Å²) in [5.41, 5.74) is 0.957. The summed E-state index contributed by atoms with van der Waals surface area (Å²) in [5.74, 6) is 0.611. The maximum atomic E-state index is 6.32. The van der Waals surface area contributed by atoms with Crippen molar-refractivity contribution in [2.24, 2.45) is 5.92 Å². The van der Waals surface area contributed by atoms with Crippen LogP contribution in [0.3, 0.4) is 0 Å². The second kappa shape index (κ2) is 7.83. The third-order valence-corrected chi connectivity index (χ3v) is 3.82. The van der Waals surface area contributed by atoms with Gasteiger partial charge in [0, 0.05) is 34.6 Å². The molecule has 1 unspecified atom stereocenters. The zero-order valence-corrected chi connectivity index (χ0v) is 13.8. The van der Waals surface area contributed by atoms with Crippen LogP contribution < -0.4 is 0 Å². The van der Waals surface area contributed by atoms with Crippen LogP contribution in [0.5, 0.6) is 0 Å². The van der Waals surface area contributed by atoms with E-state index < -0.39 is 0 Å². The van der Waals surface area contributed by atoms with E-state index in [-0.39, 0.29) is 6.10 Å². The highest BCUT2D eigenvalue weighted by molar-refractivity contribution is 6.35. The van der Waals surface area contributed by atoms with E-state index in [0.717, 1.165) is 12.0 Å². The minimum absolute atomic E-state index is 0.109. The minimum Gasteiger partial charge on any atom is -0.372 e. The molecule has 0 N–H and O–H groups in total. The van der Waals surface area contributed by atoms with Gasteiger partial charge in [0.15, 0.2) is 0 Å². The molecule has 5 heteroatoms. The van der Waals surface area contributed by atoms with Gasteiger partial charge in [-0.2, -0.15) is 0 Å². The van der Waals surface area contributed by atoms with Gasteiger partial charge in [-0.3, -0.25) is 0 Å². The van der Waals surface area contributed by atoms with E-state index in [2.05, 4.69) is 18.8 Å². The lowest BCUT2D eigenvalue weighted by atomic mass is 10.1. The molecule has 0 radical (unpaired) electrons. The Morgan fingerprint density at radius 3 is 2.71 bits per heavy atom. The smallest absolute Gasteiger partial charge is 0.102 e. The maximum Gasteiger partial charge on any atom is 0.102 e. The number of imidazole rings is 1.